The van der Waals surface area contributed by atoms with Gasteiger partial charge in [-0.05, 0) is 48.9 Å². The number of carbonyl (C=O) groups is 1. The average Bonchev–Trinajstić information content (AvgIpc) is 3.33. The van der Waals surface area contributed by atoms with Gasteiger partial charge in [0.25, 0.3) is 0 Å². The largest absolute Gasteiger partial charge is 0.494 e. The van der Waals surface area contributed by atoms with E-state index in [1.54, 1.807) is 36.5 Å². The van der Waals surface area contributed by atoms with Gasteiger partial charge in [-0.25, -0.2) is 14.4 Å². The van der Waals surface area contributed by atoms with E-state index in [1.807, 2.05) is 25.1 Å². The van der Waals surface area contributed by atoms with Crippen molar-refractivity contribution in [2.75, 3.05) is 0 Å². The zero-order valence-corrected chi connectivity index (χ0v) is 18.9. The maximum atomic E-state index is 10.7. The first kappa shape index (κ1) is 24.7. The van der Waals surface area contributed by atoms with E-state index in [1.165, 1.54) is 4.57 Å². The highest BCUT2D eigenvalue weighted by molar-refractivity contribution is 6.32. The van der Waals surface area contributed by atoms with E-state index in [0.29, 0.717) is 44.4 Å². The number of azo groups is 1. The summed E-state index contributed by atoms with van der Waals surface area (Å²) in [7, 11) is 0. The first-order valence-electron chi connectivity index (χ1n) is 10.1. The molecule has 0 radical (unpaired) electrons. The van der Waals surface area contributed by atoms with Gasteiger partial charge >= 0.3 is 12.1 Å². The third-order valence-corrected chi connectivity index (χ3v) is 5.36. The van der Waals surface area contributed by atoms with Gasteiger partial charge in [-0.15, -0.1) is 10.2 Å². The number of carboxylic acids is 1. The maximum Gasteiger partial charge on any atom is 0.490 e. The first-order chi connectivity index (χ1) is 17.0. The number of alkyl halides is 3. The minimum Gasteiger partial charge on any atom is -0.494 e. The predicted molar refractivity (Wildman–Crippen MR) is 125 cm³/mol. The standard InChI is InChI=1S/C21H14ClN5O2.C2HF3O2/c1-11-4-2-5-13-17(11)21(29)27(20(13)28)16-8-7-12(10-14(16)22)24-19-18-15(25-26-19)6-3-9-23-18;3-2(4,5)1(6)7/h2-10,28-29H,1H3;(H,6,7). The Bertz CT molecular complexity index is 1560. The molecule has 0 spiro atoms. The molecule has 36 heavy (non-hydrogen) atoms. The van der Waals surface area contributed by atoms with E-state index in [-0.39, 0.29) is 11.8 Å². The lowest BCUT2D eigenvalue weighted by atomic mass is 10.1. The van der Waals surface area contributed by atoms with Crippen molar-refractivity contribution < 1.29 is 33.3 Å². The normalized spacial score (nSPS) is 13.5. The van der Waals surface area contributed by atoms with Gasteiger partial charge in [0, 0.05) is 11.6 Å². The summed E-state index contributed by atoms with van der Waals surface area (Å²) in [6.07, 6.45) is -3.43. The lowest BCUT2D eigenvalue weighted by molar-refractivity contribution is -0.192. The molecule has 13 heteroatoms. The number of aromatic nitrogens is 2. The van der Waals surface area contributed by atoms with Crippen LogP contribution >= 0.6 is 11.6 Å². The number of hydrogen-bond acceptors (Lipinski definition) is 6. The Morgan fingerprint density at radius 3 is 2.42 bits per heavy atom. The SMILES string of the molecule is Cc1cccc2c(O)n(-c3ccc(N=C4N=Nc5cccnc54)cc3Cl)c(O)c12.O=C(O)C(F)(F)F. The number of pyridine rings is 1. The molecule has 1 aliphatic rings. The minimum absolute atomic E-state index is 0.0701. The Kier molecular flexibility index (Phi) is 6.37. The van der Waals surface area contributed by atoms with Crippen LogP contribution in [0.5, 0.6) is 11.8 Å². The second kappa shape index (κ2) is 9.30. The van der Waals surface area contributed by atoms with Crippen molar-refractivity contribution in [1.29, 1.82) is 0 Å². The fourth-order valence-electron chi connectivity index (χ4n) is 3.45. The summed E-state index contributed by atoms with van der Waals surface area (Å²) in [6, 6.07) is 14.1. The average molecular weight is 518 g/mol. The summed E-state index contributed by atoms with van der Waals surface area (Å²) in [4.78, 5) is 17.6. The summed E-state index contributed by atoms with van der Waals surface area (Å²) in [5, 5.41) is 38.1. The molecule has 0 saturated heterocycles. The van der Waals surface area contributed by atoms with Crippen LogP contribution in [0.25, 0.3) is 16.5 Å². The molecule has 1 aliphatic heterocycles. The number of benzene rings is 2. The van der Waals surface area contributed by atoms with Crippen LogP contribution in [-0.4, -0.2) is 42.9 Å². The second-order valence-electron chi connectivity index (χ2n) is 7.43. The molecule has 0 unspecified atom stereocenters. The number of aliphatic imine (C=N–C) groups is 1. The van der Waals surface area contributed by atoms with Gasteiger partial charge in [-0.3, -0.25) is 4.98 Å². The lowest BCUT2D eigenvalue weighted by Crippen LogP contribution is -2.21. The Morgan fingerprint density at radius 1 is 1.06 bits per heavy atom. The third kappa shape index (κ3) is 4.58. The highest BCUT2D eigenvalue weighted by Crippen LogP contribution is 2.42. The van der Waals surface area contributed by atoms with Crippen LogP contribution in [0.4, 0.5) is 24.5 Å². The lowest BCUT2D eigenvalue weighted by Gasteiger charge is -2.09. The summed E-state index contributed by atoms with van der Waals surface area (Å²) in [6.45, 7) is 1.87. The van der Waals surface area contributed by atoms with Crippen LogP contribution < -0.4 is 0 Å². The van der Waals surface area contributed by atoms with E-state index in [0.717, 1.165) is 5.56 Å². The Hall–Kier alpha value is -4.45. The number of aryl methyl sites for hydroxylation is 1. The van der Waals surface area contributed by atoms with E-state index in [2.05, 4.69) is 20.2 Å². The van der Waals surface area contributed by atoms with E-state index in [4.69, 9.17) is 21.5 Å². The van der Waals surface area contributed by atoms with Crippen LogP contribution in [0, 0.1) is 6.92 Å². The van der Waals surface area contributed by atoms with Crippen LogP contribution in [0.1, 0.15) is 11.3 Å². The maximum absolute atomic E-state index is 10.7. The number of amidine groups is 1. The Morgan fingerprint density at radius 2 is 1.78 bits per heavy atom. The number of aliphatic carboxylic acids is 1. The third-order valence-electron chi connectivity index (χ3n) is 5.06. The Balaban J connectivity index is 0.000000384. The molecule has 0 bridgehead atoms. The number of rotatable bonds is 2. The van der Waals surface area contributed by atoms with Gasteiger partial charge in [-0.1, -0.05) is 23.7 Å². The number of carboxylic acid groups (broad SMARTS) is 1. The van der Waals surface area contributed by atoms with Crippen molar-refractivity contribution in [3.63, 3.8) is 0 Å². The molecular formula is C23H15ClF3N5O4. The predicted octanol–water partition coefficient (Wildman–Crippen LogP) is 6.21. The van der Waals surface area contributed by atoms with Gasteiger partial charge in [0.05, 0.1) is 21.8 Å². The van der Waals surface area contributed by atoms with Crippen molar-refractivity contribution in [3.8, 4) is 17.4 Å². The molecule has 184 valence electrons. The molecule has 3 N–H and O–H groups in total. The minimum atomic E-state index is -5.08. The highest BCUT2D eigenvalue weighted by Gasteiger charge is 2.38. The van der Waals surface area contributed by atoms with Crippen molar-refractivity contribution >= 4 is 45.6 Å². The number of fused-ring (bicyclic) bond motifs is 2. The molecular weight excluding hydrogens is 503 g/mol. The van der Waals surface area contributed by atoms with E-state index < -0.39 is 12.1 Å². The van der Waals surface area contributed by atoms with Crippen molar-refractivity contribution in [3.05, 3.63) is 71.0 Å². The molecule has 0 saturated carbocycles. The van der Waals surface area contributed by atoms with Gasteiger partial charge in [0.1, 0.15) is 11.4 Å². The smallest absolute Gasteiger partial charge is 0.490 e. The van der Waals surface area contributed by atoms with Gasteiger partial charge in [-0.2, -0.15) is 13.2 Å². The second-order valence-corrected chi connectivity index (χ2v) is 7.83. The number of hydrogen-bond donors (Lipinski definition) is 3. The fraction of sp³-hybridized carbons (Fsp3) is 0.0870. The van der Waals surface area contributed by atoms with Crippen LogP contribution in [0.2, 0.25) is 5.02 Å². The number of nitrogens with zero attached hydrogens (tertiary/aromatic N) is 5. The summed E-state index contributed by atoms with van der Waals surface area (Å²) in [5.41, 5.74) is 3.12. The molecule has 0 amide bonds. The summed E-state index contributed by atoms with van der Waals surface area (Å²) < 4.78 is 33.1. The van der Waals surface area contributed by atoms with Crippen LogP contribution in [0.15, 0.2) is 69.9 Å². The summed E-state index contributed by atoms with van der Waals surface area (Å²) >= 11 is 6.48. The molecule has 4 aromatic rings. The number of halogens is 4. The zero-order valence-electron chi connectivity index (χ0n) is 18.2. The van der Waals surface area contributed by atoms with E-state index >= 15 is 0 Å². The molecule has 5 rings (SSSR count). The van der Waals surface area contributed by atoms with Gasteiger partial charge in [0.15, 0.2) is 0 Å². The van der Waals surface area contributed by atoms with E-state index in [9.17, 15) is 23.4 Å². The van der Waals surface area contributed by atoms with Crippen molar-refractivity contribution in [2.45, 2.75) is 13.1 Å². The number of aromatic hydroxyl groups is 2. The quantitative estimate of drug-likeness (QED) is 0.291. The van der Waals surface area contributed by atoms with Crippen LogP contribution in [0.3, 0.4) is 0 Å². The molecule has 0 atom stereocenters. The molecule has 0 fully saturated rings. The molecule has 2 aromatic carbocycles. The molecule has 9 nitrogen and oxygen atoms in total. The van der Waals surface area contributed by atoms with Crippen molar-refractivity contribution in [1.82, 2.24) is 9.55 Å². The first-order valence-corrected chi connectivity index (χ1v) is 10.4. The Labute approximate surface area is 205 Å². The van der Waals surface area contributed by atoms with Gasteiger partial charge in [0.2, 0.25) is 17.6 Å². The zero-order chi connectivity index (χ0) is 26.2. The van der Waals surface area contributed by atoms with Crippen molar-refractivity contribution in [2.24, 2.45) is 15.2 Å². The molecule has 3 heterocycles. The topological polar surface area (TPSA) is 133 Å². The monoisotopic (exact) mass is 517 g/mol. The fourth-order valence-corrected chi connectivity index (χ4v) is 3.71. The van der Waals surface area contributed by atoms with Crippen LogP contribution in [-0.2, 0) is 4.79 Å². The molecule has 0 aliphatic carbocycles. The van der Waals surface area contributed by atoms with Gasteiger partial charge < -0.3 is 15.3 Å². The highest BCUT2D eigenvalue weighted by atomic mass is 35.5. The molecule has 2 aromatic heterocycles. The summed E-state index contributed by atoms with van der Waals surface area (Å²) in [5.74, 6) is -2.51.